The van der Waals surface area contributed by atoms with Crippen LogP contribution in [0.1, 0.15) is 33.6 Å². The molecule has 0 saturated heterocycles. The summed E-state index contributed by atoms with van der Waals surface area (Å²) < 4.78 is 5.13. The highest BCUT2D eigenvalue weighted by atomic mass is 16.6. The van der Waals surface area contributed by atoms with E-state index in [2.05, 4.69) is 10.6 Å². The van der Waals surface area contributed by atoms with Gasteiger partial charge in [0.2, 0.25) is 5.91 Å². The van der Waals surface area contributed by atoms with Crippen molar-refractivity contribution in [2.75, 3.05) is 6.54 Å². The zero-order valence-electron chi connectivity index (χ0n) is 13.0. The molecule has 122 valence electrons. The third-order valence-electron chi connectivity index (χ3n) is 2.74. The topological polar surface area (TPSA) is 105 Å². The number of rotatable bonds is 6. The zero-order chi connectivity index (χ0) is 16.8. The highest BCUT2D eigenvalue weighted by molar-refractivity contribution is 5.88. The van der Waals surface area contributed by atoms with E-state index >= 15 is 0 Å². The summed E-state index contributed by atoms with van der Waals surface area (Å²) in [5, 5.41) is 13.4. The maximum absolute atomic E-state index is 12.0. The van der Waals surface area contributed by atoms with Gasteiger partial charge >= 0.3 is 12.1 Å². The lowest BCUT2D eigenvalue weighted by Gasteiger charge is -2.23. The van der Waals surface area contributed by atoms with Gasteiger partial charge in [-0.15, -0.1) is 0 Å². The Morgan fingerprint density at radius 1 is 1.36 bits per heavy atom. The molecule has 1 atom stereocenters. The quantitative estimate of drug-likeness (QED) is 0.687. The SMILES string of the molecule is CC(C)(C)OC(=O)N[C@@H](CC1=CC=CC1)C(=O)NCC(=O)O. The Bertz CT molecular complexity index is 503. The van der Waals surface area contributed by atoms with Crippen molar-refractivity contribution in [3.63, 3.8) is 0 Å². The standard InChI is InChI=1S/C15H22N2O5/c1-15(2,3)22-14(21)17-11(8-10-6-4-5-7-10)13(20)16-9-12(18)19/h4-6,11H,7-9H2,1-3H3,(H,16,20)(H,17,21)(H,18,19)/t11-/m0/s1. The Morgan fingerprint density at radius 2 is 2.05 bits per heavy atom. The first-order chi connectivity index (χ1) is 10.2. The van der Waals surface area contributed by atoms with Crippen LogP contribution in [-0.4, -0.2) is 41.3 Å². The molecular formula is C15H22N2O5. The number of carboxylic acids is 1. The molecule has 0 aliphatic heterocycles. The van der Waals surface area contributed by atoms with E-state index in [4.69, 9.17) is 9.84 Å². The highest BCUT2D eigenvalue weighted by Gasteiger charge is 2.25. The summed E-state index contributed by atoms with van der Waals surface area (Å²) in [6.45, 7) is 4.66. The van der Waals surface area contributed by atoms with Gasteiger partial charge in [-0.25, -0.2) is 4.79 Å². The van der Waals surface area contributed by atoms with Crippen molar-refractivity contribution in [1.82, 2.24) is 10.6 Å². The van der Waals surface area contributed by atoms with Crippen LogP contribution in [0.5, 0.6) is 0 Å². The molecule has 1 aliphatic carbocycles. The lowest BCUT2D eigenvalue weighted by molar-refractivity contribution is -0.138. The van der Waals surface area contributed by atoms with E-state index in [9.17, 15) is 14.4 Å². The van der Waals surface area contributed by atoms with Gasteiger partial charge in [0.15, 0.2) is 0 Å². The van der Waals surface area contributed by atoms with Gasteiger partial charge in [0, 0.05) is 0 Å². The fourth-order valence-electron chi connectivity index (χ4n) is 1.85. The molecule has 1 rings (SSSR count). The first-order valence-corrected chi connectivity index (χ1v) is 7.01. The van der Waals surface area contributed by atoms with Crippen LogP contribution >= 0.6 is 0 Å². The number of carbonyl (C=O) groups excluding carboxylic acids is 2. The summed E-state index contributed by atoms with van der Waals surface area (Å²) in [6.07, 6.45) is 5.98. The van der Waals surface area contributed by atoms with Crippen molar-refractivity contribution in [1.29, 1.82) is 0 Å². The molecule has 0 spiro atoms. The first-order valence-electron chi connectivity index (χ1n) is 7.01. The molecule has 2 amide bonds. The molecule has 0 heterocycles. The largest absolute Gasteiger partial charge is 0.480 e. The van der Waals surface area contributed by atoms with Crippen molar-refractivity contribution in [2.24, 2.45) is 0 Å². The summed E-state index contributed by atoms with van der Waals surface area (Å²) in [5.74, 6) is -1.70. The van der Waals surface area contributed by atoms with Crippen molar-refractivity contribution in [2.45, 2.75) is 45.3 Å². The number of ether oxygens (including phenoxy) is 1. The van der Waals surface area contributed by atoms with Gasteiger partial charge in [0.25, 0.3) is 0 Å². The second-order valence-electron chi connectivity index (χ2n) is 5.97. The van der Waals surface area contributed by atoms with E-state index < -0.39 is 36.2 Å². The monoisotopic (exact) mass is 310 g/mol. The third-order valence-corrected chi connectivity index (χ3v) is 2.74. The van der Waals surface area contributed by atoms with E-state index in [-0.39, 0.29) is 0 Å². The molecule has 0 aromatic carbocycles. The van der Waals surface area contributed by atoms with Crippen LogP contribution in [0.3, 0.4) is 0 Å². The van der Waals surface area contributed by atoms with E-state index in [1.54, 1.807) is 20.8 Å². The van der Waals surface area contributed by atoms with Gasteiger partial charge < -0.3 is 20.5 Å². The molecule has 0 bridgehead atoms. The maximum atomic E-state index is 12.0. The summed E-state index contributed by atoms with van der Waals surface area (Å²) >= 11 is 0. The number of alkyl carbamates (subject to hydrolysis) is 1. The first kappa shape index (κ1) is 17.7. The number of hydrogen-bond donors (Lipinski definition) is 3. The van der Waals surface area contributed by atoms with Crippen molar-refractivity contribution in [3.05, 3.63) is 23.8 Å². The van der Waals surface area contributed by atoms with Crippen LogP contribution in [0, 0.1) is 0 Å². The Balaban J connectivity index is 2.66. The van der Waals surface area contributed by atoms with Crippen LogP contribution in [0.25, 0.3) is 0 Å². The minimum atomic E-state index is -1.15. The summed E-state index contributed by atoms with van der Waals surface area (Å²) in [4.78, 5) is 34.4. The Labute approximate surface area is 129 Å². The molecule has 0 saturated carbocycles. The van der Waals surface area contributed by atoms with Crippen molar-refractivity contribution in [3.8, 4) is 0 Å². The third kappa shape index (κ3) is 6.92. The second kappa shape index (κ2) is 7.63. The molecule has 7 heteroatoms. The van der Waals surface area contributed by atoms with Gasteiger partial charge in [-0.2, -0.15) is 0 Å². The average molecular weight is 310 g/mol. The van der Waals surface area contributed by atoms with Gasteiger partial charge in [0.1, 0.15) is 18.2 Å². The normalized spacial score (nSPS) is 15.0. The van der Waals surface area contributed by atoms with Gasteiger partial charge in [-0.3, -0.25) is 9.59 Å². The Kier molecular flexibility index (Phi) is 6.15. The van der Waals surface area contributed by atoms with E-state index in [1.807, 2.05) is 18.2 Å². The highest BCUT2D eigenvalue weighted by Crippen LogP contribution is 2.17. The Hall–Kier alpha value is -2.31. The fourth-order valence-corrected chi connectivity index (χ4v) is 1.85. The number of hydrogen-bond acceptors (Lipinski definition) is 4. The molecule has 7 nitrogen and oxygen atoms in total. The van der Waals surface area contributed by atoms with Gasteiger partial charge in [-0.05, 0) is 33.6 Å². The predicted molar refractivity (Wildman–Crippen MR) is 80.3 cm³/mol. The summed E-state index contributed by atoms with van der Waals surface area (Å²) in [6, 6.07) is -0.875. The number of aliphatic carboxylic acids is 1. The molecule has 3 N–H and O–H groups in total. The minimum Gasteiger partial charge on any atom is -0.480 e. The number of carbonyl (C=O) groups is 3. The lowest BCUT2D eigenvalue weighted by Crippen LogP contribution is -2.49. The van der Waals surface area contributed by atoms with Crippen LogP contribution < -0.4 is 10.6 Å². The molecular weight excluding hydrogens is 288 g/mol. The molecule has 0 unspecified atom stereocenters. The van der Waals surface area contributed by atoms with Crippen molar-refractivity contribution >= 4 is 18.0 Å². The van der Waals surface area contributed by atoms with E-state index in [0.717, 1.165) is 5.57 Å². The van der Waals surface area contributed by atoms with Crippen LogP contribution in [0.15, 0.2) is 23.8 Å². The molecule has 0 aromatic heterocycles. The van der Waals surface area contributed by atoms with Gasteiger partial charge in [-0.1, -0.05) is 23.8 Å². The minimum absolute atomic E-state index is 0.303. The predicted octanol–water partition coefficient (Wildman–Crippen LogP) is 1.36. The van der Waals surface area contributed by atoms with E-state index in [0.29, 0.717) is 12.8 Å². The van der Waals surface area contributed by atoms with Crippen LogP contribution in [0.4, 0.5) is 4.79 Å². The molecule has 0 aromatic rings. The lowest BCUT2D eigenvalue weighted by atomic mass is 10.0. The van der Waals surface area contributed by atoms with Gasteiger partial charge in [0.05, 0.1) is 0 Å². The maximum Gasteiger partial charge on any atom is 0.408 e. The molecule has 0 fully saturated rings. The Morgan fingerprint density at radius 3 is 2.55 bits per heavy atom. The second-order valence-corrected chi connectivity index (χ2v) is 5.97. The smallest absolute Gasteiger partial charge is 0.408 e. The average Bonchev–Trinajstić information content (AvgIpc) is 2.85. The molecule has 1 aliphatic rings. The summed E-state index contributed by atoms with van der Waals surface area (Å²) in [7, 11) is 0. The number of nitrogens with one attached hydrogen (secondary N) is 2. The summed E-state index contributed by atoms with van der Waals surface area (Å²) in [5.41, 5.74) is 0.298. The number of amides is 2. The van der Waals surface area contributed by atoms with Crippen molar-refractivity contribution < 1.29 is 24.2 Å². The molecule has 22 heavy (non-hydrogen) atoms. The number of carboxylic acid groups (broad SMARTS) is 1. The fraction of sp³-hybridized carbons (Fsp3) is 0.533. The zero-order valence-corrected chi connectivity index (χ0v) is 13.0. The van der Waals surface area contributed by atoms with Crippen LogP contribution in [-0.2, 0) is 14.3 Å². The molecule has 0 radical (unpaired) electrons. The van der Waals surface area contributed by atoms with Crippen LogP contribution in [0.2, 0.25) is 0 Å². The van der Waals surface area contributed by atoms with E-state index in [1.165, 1.54) is 0 Å². The number of allylic oxidation sites excluding steroid dienone is 3.